The number of aromatic nitrogens is 3. The summed E-state index contributed by atoms with van der Waals surface area (Å²) >= 11 is 0. The molecule has 2 saturated heterocycles. The molecule has 2 fully saturated rings. The van der Waals surface area contributed by atoms with Gasteiger partial charge in [0.25, 0.3) is 11.5 Å². The minimum Gasteiger partial charge on any atom is -0.379 e. The molecule has 3 aromatic rings. The third-order valence-electron chi connectivity index (χ3n) is 6.41. The number of hydrogen-bond acceptors (Lipinski definition) is 7. The second kappa shape index (κ2) is 9.05. The Morgan fingerprint density at radius 2 is 1.76 bits per heavy atom. The van der Waals surface area contributed by atoms with E-state index in [1.165, 1.54) is 4.40 Å². The van der Waals surface area contributed by atoms with E-state index in [1.54, 1.807) is 21.7 Å². The second-order valence-electron chi connectivity index (χ2n) is 8.46. The van der Waals surface area contributed by atoms with Crippen LogP contribution in [-0.2, 0) is 16.0 Å². The predicted octanol–water partition coefficient (Wildman–Crippen LogP) is 0.242. The number of fused-ring (bicyclic) bond motifs is 2. The number of hydrogen-bond donors (Lipinski definition) is 1. The molecule has 0 bridgehead atoms. The van der Waals surface area contributed by atoms with Gasteiger partial charge >= 0.3 is 0 Å². The quantitative estimate of drug-likeness (QED) is 0.569. The van der Waals surface area contributed by atoms with Crippen molar-refractivity contribution in [3.05, 3.63) is 51.4 Å². The van der Waals surface area contributed by atoms with Crippen LogP contribution in [0, 0.1) is 12.3 Å². The number of pyridine rings is 2. The van der Waals surface area contributed by atoms with Crippen LogP contribution in [0.4, 0.5) is 0 Å². The molecule has 0 saturated carbocycles. The molecule has 2 aliphatic rings. The second-order valence-corrected chi connectivity index (χ2v) is 8.46. The summed E-state index contributed by atoms with van der Waals surface area (Å²) in [6, 6.07) is 5.26. The van der Waals surface area contributed by atoms with Crippen molar-refractivity contribution >= 4 is 22.6 Å². The Morgan fingerprint density at radius 1 is 1.06 bits per heavy atom. The number of morpholine rings is 2. The molecule has 0 spiro atoms. The number of carbonyl (C=O) groups excluding carboxylic acids is 1. The molecule has 174 valence electrons. The van der Waals surface area contributed by atoms with Crippen molar-refractivity contribution in [2.45, 2.75) is 13.5 Å². The summed E-state index contributed by atoms with van der Waals surface area (Å²) in [6.45, 7) is 7.91. The van der Waals surface area contributed by atoms with E-state index in [2.05, 4.69) is 4.90 Å². The molecule has 0 radical (unpaired) electrons. The van der Waals surface area contributed by atoms with Crippen molar-refractivity contribution in [2.75, 3.05) is 59.2 Å². The standard InChI is InChI=1S/C23H28N6O4/c1-16-3-2-4-29-20(16)25-21-18(23(29)31)15-17(22(30)27-9-13-33-14-10-27)19(24)28(21)6-5-26-7-11-32-12-8-26/h2-4,15,24H,5-14H2,1H3. The van der Waals surface area contributed by atoms with Crippen molar-refractivity contribution < 1.29 is 14.3 Å². The molecule has 0 unspecified atom stereocenters. The van der Waals surface area contributed by atoms with Crippen molar-refractivity contribution in [2.24, 2.45) is 0 Å². The van der Waals surface area contributed by atoms with Crippen LogP contribution < -0.4 is 11.0 Å². The van der Waals surface area contributed by atoms with Crippen LogP contribution in [0.15, 0.2) is 29.2 Å². The van der Waals surface area contributed by atoms with E-state index in [-0.39, 0.29) is 22.5 Å². The summed E-state index contributed by atoms with van der Waals surface area (Å²) in [5, 5.41) is 9.26. The highest BCUT2D eigenvalue weighted by molar-refractivity contribution is 5.97. The maximum Gasteiger partial charge on any atom is 0.267 e. The Bertz CT molecular complexity index is 1320. The van der Waals surface area contributed by atoms with Crippen molar-refractivity contribution in [3.63, 3.8) is 0 Å². The first kappa shape index (κ1) is 21.7. The third kappa shape index (κ3) is 4.05. The van der Waals surface area contributed by atoms with E-state index in [0.29, 0.717) is 69.3 Å². The van der Waals surface area contributed by atoms with Crippen molar-refractivity contribution in [3.8, 4) is 0 Å². The number of amides is 1. The molecule has 0 aromatic carbocycles. The zero-order valence-electron chi connectivity index (χ0n) is 18.7. The fourth-order valence-electron chi connectivity index (χ4n) is 4.48. The van der Waals surface area contributed by atoms with Gasteiger partial charge in [-0.05, 0) is 24.6 Å². The molecule has 5 heterocycles. The molecule has 0 atom stereocenters. The minimum absolute atomic E-state index is 0.0806. The molecule has 3 aromatic heterocycles. The lowest BCUT2D eigenvalue weighted by Crippen LogP contribution is -2.44. The van der Waals surface area contributed by atoms with Gasteiger partial charge in [0, 0.05) is 45.5 Å². The summed E-state index contributed by atoms with van der Waals surface area (Å²) in [4.78, 5) is 35.5. The number of ether oxygens (including phenoxy) is 2. The first-order valence-corrected chi connectivity index (χ1v) is 11.3. The Balaban J connectivity index is 1.67. The zero-order valence-corrected chi connectivity index (χ0v) is 18.7. The lowest BCUT2D eigenvalue weighted by atomic mass is 10.1. The van der Waals surface area contributed by atoms with Gasteiger partial charge in [0.2, 0.25) is 0 Å². The van der Waals surface area contributed by atoms with E-state index in [9.17, 15) is 9.59 Å². The van der Waals surface area contributed by atoms with Gasteiger partial charge in [0.15, 0.2) is 0 Å². The van der Waals surface area contributed by atoms with Gasteiger partial charge in [-0.3, -0.25) is 24.3 Å². The maximum absolute atomic E-state index is 13.4. The number of nitrogens with zero attached hydrogens (tertiary/aromatic N) is 5. The number of rotatable bonds is 4. The minimum atomic E-state index is -0.251. The summed E-state index contributed by atoms with van der Waals surface area (Å²) in [6.07, 6.45) is 1.69. The Kier molecular flexibility index (Phi) is 5.96. The van der Waals surface area contributed by atoms with Gasteiger partial charge in [-0.2, -0.15) is 0 Å². The van der Waals surface area contributed by atoms with Gasteiger partial charge in [-0.1, -0.05) is 6.07 Å². The van der Waals surface area contributed by atoms with Crippen LogP contribution in [-0.4, -0.2) is 88.8 Å². The average Bonchev–Trinajstić information content (AvgIpc) is 2.85. The predicted molar refractivity (Wildman–Crippen MR) is 122 cm³/mol. The highest BCUT2D eigenvalue weighted by atomic mass is 16.5. The van der Waals surface area contributed by atoms with Crippen LogP contribution in [0.3, 0.4) is 0 Å². The lowest BCUT2D eigenvalue weighted by Gasteiger charge is -2.28. The van der Waals surface area contributed by atoms with E-state index >= 15 is 0 Å². The Labute approximate surface area is 190 Å². The molecule has 2 aliphatic heterocycles. The number of aryl methyl sites for hydroxylation is 1. The molecule has 1 amide bonds. The van der Waals surface area contributed by atoms with Crippen molar-refractivity contribution in [1.82, 2.24) is 23.8 Å². The van der Waals surface area contributed by atoms with Gasteiger partial charge in [-0.15, -0.1) is 0 Å². The van der Waals surface area contributed by atoms with Crippen LogP contribution in [0.1, 0.15) is 15.9 Å². The molecule has 10 heteroatoms. The smallest absolute Gasteiger partial charge is 0.267 e. The van der Waals surface area contributed by atoms with Crippen LogP contribution in [0.25, 0.3) is 16.7 Å². The van der Waals surface area contributed by atoms with Crippen LogP contribution in [0.5, 0.6) is 0 Å². The van der Waals surface area contributed by atoms with E-state index in [4.69, 9.17) is 19.9 Å². The fraction of sp³-hybridized carbons (Fsp3) is 0.478. The highest BCUT2D eigenvalue weighted by Crippen LogP contribution is 2.14. The highest BCUT2D eigenvalue weighted by Gasteiger charge is 2.24. The summed E-state index contributed by atoms with van der Waals surface area (Å²) in [5.41, 5.74) is 1.92. The van der Waals surface area contributed by atoms with Crippen molar-refractivity contribution in [1.29, 1.82) is 5.41 Å². The number of carbonyl (C=O) groups is 1. The molecular formula is C23H28N6O4. The van der Waals surface area contributed by atoms with Gasteiger partial charge in [0.1, 0.15) is 16.8 Å². The average molecular weight is 453 g/mol. The fourth-order valence-corrected chi connectivity index (χ4v) is 4.48. The SMILES string of the molecule is Cc1cccn2c(=O)c3cc(C(=O)N4CCOCC4)c(=N)n(CCN4CCOCC4)c3nc12. The third-order valence-corrected chi connectivity index (χ3v) is 6.41. The Hall–Kier alpha value is -3.08. The van der Waals surface area contributed by atoms with Gasteiger partial charge < -0.3 is 18.9 Å². The normalized spacial score (nSPS) is 17.7. The van der Waals surface area contributed by atoms with Crippen LogP contribution >= 0.6 is 0 Å². The summed E-state index contributed by atoms with van der Waals surface area (Å²) < 4.78 is 14.0. The largest absolute Gasteiger partial charge is 0.379 e. The topological polar surface area (TPSA) is 105 Å². The first-order valence-electron chi connectivity index (χ1n) is 11.3. The molecule has 10 nitrogen and oxygen atoms in total. The molecule has 33 heavy (non-hydrogen) atoms. The summed E-state index contributed by atoms with van der Waals surface area (Å²) in [7, 11) is 0. The zero-order chi connectivity index (χ0) is 22.9. The molecule has 5 rings (SSSR count). The summed E-state index contributed by atoms with van der Waals surface area (Å²) in [5.74, 6) is -0.251. The monoisotopic (exact) mass is 452 g/mol. The van der Waals surface area contributed by atoms with Gasteiger partial charge in [-0.25, -0.2) is 4.98 Å². The lowest BCUT2D eigenvalue weighted by molar-refractivity contribution is 0.0300. The van der Waals surface area contributed by atoms with E-state index in [0.717, 1.165) is 18.7 Å². The Morgan fingerprint density at radius 3 is 2.48 bits per heavy atom. The maximum atomic E-state index is 13.4. The van der Waals surface area contributed by atoms with E-state index in [1.807, 2.05) is 19.1 Å². The molecule has 0 aliphatic carbocycles. The van der Waals surface area contributed by atoms with Gasteiger partial charge in [0.05, 0.1) is 37.4 Å². The van der Waals surface area contributed by atoms with Crippen LogP contribution in [0.2, 0.25) is 0 Å². The number of nitrogens with one attached hydrogen (secondary N) is 1. The molecule has 1 N–H and O–H groups in total. The van der Waals surface area contributed by atoms with E-state index < -0.39 is 0 Å². The first-order chi connectivity index (χ1) is 16.0. The molecular weight excluding hydrogens is 424 g/mol.